The van der Waals surface area contributed by atoms with Gasteiger partial charge in [0.15, 0.2) is 5.82 Å². The molecule has 1 aliphatic rings. The summed E-state index contributed by atoms with van der Waals surface area (Å²) in [5.74, 6) is -3.14. The summed E-state index contributed by atoms with van der Waals surface area (Å²) in [6.07, 6.45) is -0.0687. The third-order valence-electron chi connectivity index (χ3n) is 11.5. The van der Waals surface area contributed by atoms with Crippen LogP contribution in [0.1, 0.15) is 78.6 Å². The van der Waals surface area contributed by atoms with Crippen molar-refractivity contribution in [2.45, 2.75) is 84.0 Å². The van der Waals surface area contributed by atoms with Crippen LogP contribution in [0.2, 0.25) is 0 Å². The smallest absolute Gasteiger partial charge is 0.255 e. The van der Waals surface area contributed by atoms with Crippen LogP contribution in [0.25, 0.3) is 22.5 Å². The van der Waals surface area contributed by atoms with Gasteiger partial charge in [0.05, 0.1) is 29.6 Å². The molecule has 4 aromatic rings. The molecular formula is C48H61N11O7. The summed E-state index contributed by atoms with van der Waals surface area (Å²) in [4.78, 5) is 80.8. The van der Waals surface area contributed by atoms with E-state index in [1.165, 1.54) is 20.0 Å². The lowest BCUT2D eigenvalue weighted by Gasteiger charge is -2.32. The molecule has 3 aromatic carbocycles. The first-order chi connectivity index (χ1) is 31.3. The molecule has 18 nitrogen and oxygen atoms in total. The second-order valence-corrected chi connectivity index (χ2v) is 17.5. The zero-order valence-corrected chi connectivity index (χ0v) is 38.5. The molecule has 1 aliphatic heterocycles. The fraction of sp³-hybridized carbons (Fsp3) is 0.417. The number of phenols is 1. The maximum absolute atomic E-state index is 14.7. The van der Waals surface area contributed by atoms with Gasteiger partial charge in [0.25, 0.3) is 5.91 Å². The standard InChI is InChI=1S/C48H61N11O7/c1-26-40(27(2)55-42(54-26)31-9-12-33(13-10-31)48(4,5)6)45(63)57-36(16-17-49)47(65)59(7)41-32-11-15-39(66-25-30(23-51)24-52)35(22-32)34-20-29(8-14-38(34)60)21-37(44(62)53-19-18-50)58-43(61)28(3)56-46(41)64/h8-15,20,22,28,30,36-37,41,60H,16-17,19,21,23-25,49,51-52H2,1-7H3,(H,53,62)(H,56,64)(H,57,63)(H,58,61). The van der Waals surface area contributed by atoms with E-state index in [0.717, 1.165) is 16.0 Å². The molecule has 350 valence electrons. The Labute approximate surface area is 385 Å². The largest absolute Gasteiger partial charge is 0.507 e. The van der Waals surface area contributed by atoms with Crippen LogP contribution < -0.4 is 43.2 Å². The predicted octanol–water partition coefficient (Wildman–Crippen LogP) is 2.18. The first-order valence-corrected chi connectivity index (χ1v) is 21.8. The fourth-order valence-corrected chi connectivity index (χ4v) is 7.64. The van der Waals surface area contributed by atoms with Crippen molar-refractivity contribution in [3.8, 4) is 40.1 Å². The van der Waals surface area contributed by atoms with Crippen LogP contribution in [-0.2, 0) is 31.0 Å². The number of hydrogen-bond donors (Lipinski definition) is 8. The van der Waals surface area contributed by atoms with E-state index in [1.807, 2.05) is 30.3 Å². The molecule has 0 aliphatic carbocycles. The zero-order valence-electron chi connectivity index (χ0n) is 38.5. The van der Waals surface area contributed by atoms with Crippen molar-refractivity contribution < 1.29 is 33.8 Å². The van der Waals surface area contributed by atoms with Crippen LogP contribution in [0, 0.1) is 31.1 Å². The van der Waals surface area contributed by atoms with Gasteiger partial charge in [-0.2, -0.15) is 5.26 Å². The average molecular weight is 904 g/mol. The molecule has 0 saturated carbocycles. The Morgan fingerprint density at radius 1 is 0.955 bits per heavy atom. The number of carbonyl (C=O) groups is 5. The third-order valence-corrected chi connectivity index (χ3v) is 11.5. The minimum absolute atomic E-state index is 0.0158. The van der Waals surface area contributed by atoms with Crippen molar-refractivity contribution in [1.82, 2.24) is 36.1 Å². The lowest BCUT2D eigenvalue weighted by molar-refractivity contribution is -0.141. The second-order valence-electron chi connectivity index (χ2n) is 17.5. The summed E-state index contributed by atoms with van der Waals surface area (Å²) in [5.41, 5.74) is 22.0. The summed E-state index contributed by atoms with van der Waals surface area (Å²) in [6.45, 7) is 11.4. The normalized spacial score (nSPS) is 16.8. The highest BCUT2D eigenvalue weighted by atomic mass is 16.5. The number of phenolic OH excluding ortho intramolecular Hbond substituents is 1. The molecule has 4 unspecified atom stereocenters. The number of rotatable bonds is 14. The molecule has 18 heteroatoms. The molecular weight excluding hydrogens is 843 g/mol. The molecule has 11 N–H and O–H groups in total. The minimum Gasteiger partial charge on any atom is -0.507 e. The topological polar surface area (TPSA) is 294 Å². The highest BCUT2D eigenvalue weighted by molar-refractivity contribution is 6.00. The molecule has 66 heavy (non-hydrogen) atoms. The summed E-state index contributed by atoms with van der Waals surface area (Å²) < 4.78 is 6.24. The van der Waals surface area contributed by atoms with Gasteiger partial charge in [-0.15, -0.1) is 0 Å². The molecule has 2 heterocycles. The molecule has 0 spiro atoms. The van der Waals surface area contributed by atoms with Crippen LogP contribution >= 0.6 is 0 Å². The Morgan fingerprint density at radius 3 is 2.23 bits per heavy atom. The van der Waals surface area contributed by atoms with Gasteiger partial charge in [-0.3, -0.25) is 24.0 Å². The van der Waals surface area contributed by atoms with Gasteiger partial charge in [-0.1, -0.05) is 57.2 Å². The quantitative estimate of drug-likeness (QED) is 0.0844. The van der Waals surface area contributed by atoms with Gasteiger partial charge >= 0.3 is 0 Å². The van der Waals surface area contributed by atoms with E-state index in [9.17, 15) is 29.1 Å². The molecule has 5 rings (SSSR count). The highest BCUT2D eigenvalue weighted by Crippen LogP contribution is 2.40. The molecule has 0 fully saturated rings. The van der Waals surface area contributed by atoms with E-state index in [4.69, 9.17) is 27.2 Å². The summed E-state index contributed by atoms with van der Waals surface area (Å²) in [5, 5.41) is 31.1. The van der Waals surface area contributed by atoms with Crippen molar-refractivity contribution in [3.63, 3.8) is 0 Å². The van der Waals surface area contributed by atoms with Crippen molar-refractivity contribution in [2.24, 2.45) is 23.1 Å². The zero-order chi connectivity index (χ0) is 48.5. The number of nitrogens with zero attached hydrogens (tertiary/aromatic N) is 4. The van der Waals surface area contributed by atoms with Crippen LogP contribution in [0.15, 0.2) is 60.7 Å². The van der Waals surface area contributed by atoms with Crippen molar-refractivity contribution >= 4 is 29.5 Å². The van der Waals surface area contributed by atoms with Crippen LogP contribution in [-0.4, -0.2) is 107 Å². The number of ether oxygens (including phenoxy) is 1. The number of aryl methyl sites for hydroxylation is 2. The monoisotopic (exact) mass is 903 g/mol. The Kier molecular flexibility index (Phi) is 16.6. The fourth-order valence-electron chi connectivity index (χ4n) is 7.64. The van der Waals surface area contributed by atoms with Gasteiger partial charge in [-0.05, 0) is 93.2 Å². The SMILES string of the molecule is Cc1nc(-c2ccc(C(C)(C)C)cc2)nc(C)c1C(=O)NC(CCN)C(=O)N(C)C1C(=O)NC(C)C(=O)NC(C(=O)NCC#N)Cc2ccc(O)c(c2)-c2cc1ccc2OCC(CN)CN. The number of nitrogens with two attached hydrogens (primary N) is 3. The summed E-state index contributed by atoms with van der Waals surface area (Å²) in [7, 11) is 1.39. The number of aromatic hydroxyl groups is 1. The van der Waals surface area contributed by atoms with E-state index in [0.29, 0.717) is 28.3 Å². The van der Waals surface area contributed by atoms with Gasteiger partial charge in [0.2, 0.25) is 23.6 Å². The third kappa shape index (κ3) is 11.8. The Hall–Kier alpha value is -6.94. The minimum atomic E-state index is -1.45. The Morgan fingerprint density at radius 2 is 1.62 bits per heavy atom. The number of nitriles is 1. The van der Waals surface area contributed by atoms with Gasteiger partial charge in [0.1, 0.15) is 42.2 Å². The highest BCUT2D eigenvalue weighted by Gasteiger charge is 2.36. The summed E-state index contributed by atoms with van der Waals surface area (Å²) >= 11 is 0. The van der Waals surface area contributed by atoms with Crippen LogP contribution in [0.3, 0.4) is 0 Å². The number of carbonyl (C=O) groups excluding carboxylic acids is 5. The number of hydrogen-bond acceptors (Lipinski definition) is 13. The van der Waals surface area contributed by atoms with E-state index in [1.54, 1.807) is 44.2 Å². The molecule has 0 saturated heterocycles. The molecule has 1 aromatic heterocycles. The number of aromatic nitrogens is 2. The Bertz CT molecular complexity index is 2460. The maximum Gasteiger partial charge on any atom is 0.255 e. The van der Waals surface area contributed by atoms with E-state index in [-0.39, 0.29) is 85.1 Å². The lowest BCUT2D eigenvalue weighted by Crippen LogP contribution is -2.56. The molecule has 4 bridgehead atoms. The van der Waals surface area contributed by atoms with Gasteiger partial charge in [-0.25, -0.2) is 9.97 Å². The van der Waals surface area contributed by atoms with E-state index >= 15 is 0 Å². The first-order valence-electron chi connectivity index (χ1n) is 21.8. The van der Waals surface area contributed by atoms with Gasteiger partial charge < -0.3 is 53.2 Å². The Balaban J connectivity index is 1.56. The van der Waals surface area contributed by atoms with E-state index < -0.39 is 53.7 Å². The van der Waals surface area contributed by atoms with Crippen molar-refractivity contribution in [1.29, 1.82) is 5.26 Å². The number of nitrogens with one attached hydrogen (secondary N) is 4. The van der Waals surface area contributed by atoms with Gasteiger partial charge in [0, 0.05) is 36.1 Å². The molecule has 0 radical (unpaired) electrons. The number of likely N-dealkylation sites (N-methyl/N-ethyl adjacent to an activating group) is 1. The average Bonchev–Trinajstić information content (AvgIpc) is 3.27. The lowest BCUT2D eigenvalue weighted by atomic mass is 9.86. The van der Waals surface area contributed by atoms with Crippen molar-refractivity contribution in [2.75, 3.05) is 39.8 Å². The first kappa shape index (κ1) is 50.1. The second kappa shape index (κ2) is 21.8. The number of fused-ring (bicyclic) bond motifs is 5. The maximum atomic E-state index is 14.7. The van der Waals surface area contributed by atoms with E-state index in [2.05, 4.69) is 52.0 Å². The number of amides is 5. The predicted molar refractivity (Wildman–Crippen MR) is 249 cm³/mol. The molecule has 4 atom stereocenters. The summed E-state index contributed by atoms with van der Waals surface area (Å²) in [6, 6.07) is 14.0. The number of benzene rings is 3. The van der Waals surface area contributed by atoms with Crippen LogP contribution in [0.5, 0.6) is 11.5 Å². The molecule has 5 amide bonds. The van der Waals surface area contributed by atoms with Crippen LogP contribution in [0.4, 0.5) is 0 Å². The van der Waals surface area contributed by atoms with Crippen molar-refractivity contribution in [3.05, 3.63) is 94.3 Å².